The van der Waals surface area contributed by atoms with Crippen molar-refractivity contribution in [3.8, 4) is 0 Å². The highest BCUT2D eigenvalue weighted by atomic mass is 16.7. The Bertz CT molecular complexity index is 427. The molecule has 0 heterocycles. The van der Waals surface area contributed by atoms with Crippen LogP contribution in [0.3, 0.4) is 0 Å². The van der Waals surface area contributed by atoms with Crippen molar-refractivity contribution in [2.75, 3.05) is 13.1 Å². The fraction of sp³-hybridized carbons (Fsp3) is 0.692. The predicted octanol–water partition coefficient (Wildman–Crippen LogP) is 0.715. The predicted molar refractivity (Wildman–Crippen MR) is 75.0 cm³/mol. The Balaban J connectivity index is 3.92. The third kappa shape index (κ3) is 11.5. The molecule has 22 heavy (non-hydrogen) atoms. The molecule has 0 radical (unpaired) electrons. The summed E-state index contributed by atoms with van der Waals surface area (Å²) in [5.41, 5.74) is -0.679. The summed E-state index contributed by atoms with van der Waals surface area (Å²) >= 11 is 0. The number of rotatable bonds is 5. The number of amides is 2. The lowest BCUT2D eigenvalue weighted by Gasteiger charge is -2.19. The van der Waals surface area contributed by atoms with Gasteiger partial charge in [-0.25, -0.2) is 14.4 Å². The van der Waals surface area contributed by atoms with Crippen molar-refractivity contribution in [2.24, 2.45) is 0 Å². The standard InChI is InChI=1S/C13H22N2O7/c1-8(2)20-12(19)21-10(17)7-14-9(16)6-15-11(18)22-13(3,4)5/h8H,6-7H2,1-5H3,(H,14,16)(H,15,18). The Kier molecular flexibility index (Phi) is 7.92. The van der Waals surface area contributed by atoms with Crippen molar-refractivity contribution >= 4 is 24.1 Å². The van der Waals surface area contributed by atoms with E-state index < -0.39 is 42.4 Å². The first-order valence-corrected chi connectivity index (χ1v) is 6.64. The molecule has 2 amide bonds. The summed E-state index contributed by atoms with van der Waals surface area (Å²) in [7, 11) is 0. The number of carbonyl (C=O) groups is 4. The molecule has 0 bridgehead atoms. The van der Waals surface area contributed by atoms with Crippen LogP contribution in [0.5, 0.6) is 0 Å². The molecular formula is C13H22N2O7. The van der Waals surface area contributed by atoms with Gasteiger partial charge in [0, 0.05) is 0 Å². The number of ether oxygens (including phenoxy) is 3. The second-order valence-electron chi connectivity index (χ2n) is 5.52. The Labute approximate surface area is 128 Å². The Morgan fingerprint density at radius 3 is 2.09 bits per heavy atom. The zero-order chi connectivity index (χ0) is 17.3. The zero-order valence-electron chi connectivity index (χ0n) is 13.3. The van der Waals surface area contributed by atoms with Gasteiger partial charge in [0.1, 0.15) is 18.7 Å². The maximum atomic E-state index is 11.4. The number of esters is 1. The third-order valence-electron chi connectivity index (χ3n) is 1.75. The molecule has 0 spiro atoms. The van der Waals surface area contributed by atoms with Crippen molar-refractivity contribution < 1.29 is 33.4 Å². The van der Waals surface area contributed by atoms with Crippen LogP contribution in [0.2, 0.25) is 0 Å². The molecule has 2 N–H and O–H groups in total. The average molecular weight is 318 g/mol. The highest BCUT2D eigenvalue weighted by Gasteiger charge is 2.17. The highest BCUT2D eigenvalue weighted by Crippen LogP contribution is 2.05. The van der Waals surface area contributed by atoms with Crippen LogP contribution in [-0.4, -0.2) is 48.9 Å². The Hall–Kier alpha value is -2.32. The molecule has 0 aromatic carbocycles. The molecule has 126 valence electrons. The lowest BCUT2D eigenvalue weighted by molar-refractivity contribution is -0.140. The van der Waals surface area contributed by atoms with E-state index in [0.717, 1.165) is 0 Å². The minimum Gasteiger partial charge on any atom is -0.444 e. The number of alkyl carbamates (subject to hydrolysis) is 1. The molecule has 0 aliphatic heterocycles. The van der Waals surface area contributed by atoms with Crippen LogP contribution in [0.25, 0.3) is 0 Å². The first-order chi connectivity index (χ1) is 9.99. The minimum atomic E-state index is -1.14. The van der Waals surface area contributed by atoms with E-state index in [1.54, 1.807) is 34.6 Å². The summed E-state index contributed by atoms with van der Waals surface area (Å²) in [5.74, 6) is -1.61. The molecule has 0 aliphatic carbocycles. The quantitative estimate of drug-likeness (QED) is 0.566. The number of nitrogens with one attached hydrogen (secondary N) is 2. The third-order valence-corrected chi connectivity index (χ3v) is 1.75. The lowest BCUT2D eigenvalue weighted by atomic mass is 10.2. The molecule has 0 rings (SSSR count). The van der Waals surface area contributed by atoms with Crippen LogP contribution in [0.1, 0.15) is 34.6 Å². The molecule has 0 unspecified atom stereocenters. The summed E-state index contributed by atoms with van der Waals surface area (Å²) in [5, 5.41) is 4.38. The summed E-state index contributed by atoms with van der Waals surface area (Å²) in [6.07, 6.45) is -2.32. The average Bonchev–Trinajstić information content (AvgIpc) is 2.30. The Morgan fingerprint density at radius 2 is 1.59 bits per heavy atom. The van der Waals surface area contributed by atoms with Gasteiger partial charge in [-0.3, -0.25) is 4.79 Å². The van der Waals surface area contributed by atoms with Crippen molar-refractivity contribution in [1.82, 2.24) is 10.6 Å². The van der Waals surface area contributed by atoms with Gasteiger partial charge in [0.2, 0.25) is 5.91 Å². The van der Waals surface area contributed by atoms with E-state index in [9.17, 15) is 19.2 Å². The fourth-order valence-electron chi connectivity index (χ4n) is 1.05. The molecular weight excluding hydrogens is 296 g/mol. The van der Waals surface area contributed by atoms with Crippen molar-refractivity contribution in [3.05, 3.63) is 0 Å². The van der Waals surface area contributed by atoms with Crippen molar-refractivity contribution in [3.63, 3.8) is 0 Å². The largest absolute Gasteiger partial charge is 0.516 e. The fourth-order valence-corrected chi connectivity index (χ4v) is 1.05. The van der Waals surface area contributed by atoms with Gasteiger partial charge in [0.25, 0.3) is 0 Å². The minimum absolute atomic E-state index is 0.376. The molecule has 0 aliphatic rings. The summed E-state index contributed by atoms with van der Waals surface area (Å²) < 4.78 is 13.8. The van der Waals surface area contributed by atoms with Crippen LogP contribution in [0, 0.1) is 0 Å². The summed E-state index contributed by atoms with van der Waals surface area (Å²) in [6.45, 7) is 7.32. The van der Waals surface area contributed by atoms with Gasteiger partial charge >= 0.3 is 18.2 Å². The SMILES string of the molecule is CC(C)OC(=O)OC(=O)CNC(=O)CNC(=O)OC(C)(C)C. The van der Waals surface area contributed by atoms with Gasteiger partial charge in [0.05, 0.1) is 6.10 Å². The number of hydrogen-bond donors (Lipinski definition) is 2. The Morgan fingerprint density at radius 1 is 1.00 bits per heavy atom. The van der Waals surface area contributed by atoms with E-state index in [4.69, 9.17) is 4.74 Å². The maximum Gasteiger partial charge on any atom is 0.516 e. The van der Waals surface area contributed by atoms with Crippen LogP contribution in [0.15, 0.2) is 0 Å². The smallest absolute Gasteiger partial charge is 0.444 e. The monoisotopic (exact) mass is 318 g/mol. The maximum absolute atomic E-state index is 11.4. The van der Waals surface area contributed by atoms with Gasteiger partial charge in [-0.2, -0.15) is 0 Å². The van der Waals surface area contributed by atoms with E-state index >= 15 is 0 Å². The zero-order valence-corrected chi connectivity index (χ0v) is 13.3. The van der Waals surface area contributed by atoms with Crippen LogP contribution in [0.4, 0.5) is 9.59 Å². The normalized spacial score (nSPS) is 10.6. The van der Waals surface area contributed by atoms with Crippen molar-refractivity contribution in [1.29, 1.82) is 0 Å². The lowest BCUT2D eigenvalue weighted by Crippen LogP contribution is -2.41. The van der Waals surface area contributed by atoms with Gasteiger partial charge in [-0.15, -0.1) is 0 Å². The van der Waals surface area contributed by atoms with E-state index in [1.807, 2.05) is 0 Å². The molecule has 0 fully saturated rings. The number of hydrogen-bond acceptors (Lipinski definition) is 7. The van der Waals surface area contributed by atoms with Gasteiger partial charge in [-0.1, -0.05) is 0 Å². The van der Waals surface area contributed by atoms with Crippen molar-refractivity contribution in [2.45, 2.75) is 46.3 Å². The summed E-state index contributed by atoms with van der Waals surface area (Å²) in [6, 6.07) is 0. The summed E-state index contributed by atoms with van der Waals surface area (Å²) in [4.78, 5) is 44.9. The van der Waals surface area contributed by atoms with Gasteiger partial charge < -0.3 is 24.8 Å². The van der Waals surface area contributed by atoms with E-state index in [-0.39, 0.29) is 6.54 Å². The van der Waals surface area contributed by atoms with E-state index in [1.165, 1.54) is 0 Å². The first kappa shape index (κ1) is 19.7. The molecule has 0 saturated carbocycles. The van der Waals surface area contributed by atoms with E-state index in [0.29, 0.717) is 0 Å². The van der Waals surface area contributed by atoms with Gasteiger partial charge in [0.15, 0.2) is 0 Å². The molecule has 0 aromatic rings. The topological polar surface area (TPSA) is 120 Å². The molecule has 0 atom stereocenters. The molecule has 0 aromatic heterocycles. The second kappa shape index (κ2) is 8.85. The number of carbonyl (C=O) groups excluding carboxylic acids is 4. The van der Waals surface area contributed by atoms with Gasteiger partial charge in [-0.05, 0) is 34.6 Å². The van der Waals surface area contributed by atoms with Crippen LogP contribution >= 0.6 is 0 Å². The molecule has 9 nitrogen and oxygen atoms in total. The molecule has 0 saturated heterocycles. The highest BCUT2D eigenvalue weighted by molar-refractivity contribution is 5.88. The van der Waals surface area contributed by atoms with Crippen LogP contribution < -0.4 is 10.6 Å². The molecule has 9 heteroatoms. The van der Waals surface area contributed by atoms with Crippen LogP contribution in [-0.2, 0) is 23.8 Å². The van der Waals surface area contributed by atoms with E-state index in [2.05, 4.69) is 20.1 Å². The second-order valence-corrected chi connectivity index (χ2v) is 5.52. The first-order valence-electron chi connectivity index (χ1n) is 6.64.